The minimum atomic E-state index is -0.217. The van der Waals surface area contributed by atoms with Crippen molar-refractivity contribution in [2.45, 2.75) is 19.3 Å². The average Bonchev–Trinajstić information content (AvgIpc) is 2.52. The van der Waals surface area contributed by atoms with E-state index in [4.69, 9.17) is 0 Å². The van der Waals surface area contributed by atoms with E-state index in [1.54, 1.807) is 12.4 Å². The molecule has 21 heavy (non-hydrogen) atoms. The highest BCUT2D eigenvalue weighted by Gasteiger charge is 2.13. The van der Waals surface area contributed by atoms with E-state index in [9.17, 15) is 4.79 Å². The van der Waals surface area contributed by atoms with Gasteiger partial charge < -0.3 is 4.79 Å². The van der Waals surface area contributed by atoms with E-state index in [1.165, 1.54) is 0 Å². The van der Waals surface area contributed by atoms with Crippen LogP contribution in [0.2, 0.25) is 0 Å². The number of aryl methyl sites for hydroxylation is 1. The third kappa shape index (κ3) is 2.94. The van der Waals surface area contributed by atoms with Gasteiger partial charge in [-0.3, -0.25) is 15.0 Å². The van der Waals surface area contributed by atoms with Gasteiger partial charge in [-0.15, -0.1) is 0 Å². The number of carbonyl (C=O) groups excluding carboxylic acids is 1. The summed E-state index contributed by atoms with van der Waals surface area (Å²) >= 11 is 0. The topological polar surface area (TPSA) is 55.7 Å². The molecule has 0 saturated carbocycles. The van der Waals surface area contributed by atoms with Gasteiger partial charge in [0, 0.05) is 36.1 Å². The zero-order chi connectivity index (χ0) is 14.7. The van der Waals surface area contributed by atoms with Gasteiger partial charge in [0.2, 0.25) is 0 Å². The van der Waals surface area contributed by atoms with Crippen molar-refractivity contribution >= 4 is 17.3 Å². The van der Waals surface area contributed by atoms with E-state index in [2.05, 4.69) is 15.0 Å². The third-order valence-corrected chi connectivity index (χ3v) is 3.46. The number of carbonyl (C=O) groups is 1. The minimum Gasteiger partial charge on any atom is -0.303 e. The summed E-state index contributed by atoms with van der Waals surface area (Å²) in [4.78, 5) is 24.5. The van der Waals surface area contributed by atoms with E-state index in [0.717, 1.165) is 34.3 Å². The van der Waals surface area contributed by atoms with Crippen molar-refractivity contribution in [1.29, 1.82) is 0 Å². The standard InChI is InChI=1S/C17H15N3O/c1-12-3-2-4-15(20-12)9-14(11-21)13-5-6-16-17(10-13)19-8-7-18-16/h2-8,10-11,14H,9H2,1H3. The summed E-state index contributed by atoms with van der Waals surface area (Å²) in [6.45, 7) is 1.95. The molecule has 0 radical (unpaired) electrons. The Morgan fingerprint density at radius 1 is 1.10 bits per heavy atom. The molecule has 3 rings (SSSR count). The second-order valence-electron chi connectivity index (χ2n) is 5.02. The average molecular weight is 277 g/mol. The van der Waals surface area contributed by atoms with Gasteiger partial charge in [0.1, 0.15) is 6.29 Å². The van der Waals surface area contributed by atoms with E-state index in [1.807, 2.05) is 43.3 Å². The second-order valence-corrected chi connectivity index (χ2v) is 5.02. The molecule has 0 fully saturated rings. The van der Waals surface area contributed by atoms with Crippen molar-refractivity contribution < 1.29 is 4.79 Å². The van der Waals surface area contributed by atoms with E-state index in [-0.39, 0.29) is 5.92 Å². The van der Waals surface area contributed by atoms with E-state index in [0.29, 0.717) is 6.42 Å². The Bertz CT molecular complexity index is 786. The van der Waals surface area contributed by atoms with Crippen molar-refractivity contribution in [3.63, 3.8) is 0 Å². The van der Waals surface area contributed by atoms with Crippen molar-refractivity contribution in [2.75, 3.05) is 0 Å². The molecule has 2 heterocycles. The maximum Gasteiger partial charge on any atom is 0.127 e. The van der Waals surface area contributed by atoms with E-state index >= 15 is 0 Å². The molecule has 0 aliphatic carbocycles. The number of fused-ring (bicyclic) bond motifs is 1. The van der Waals surface area contributed by atoms with E-state index < -0.39 is 0 Å². The van der Waals surface area contributed by atoms with Crippen LogP contribution in [0.1, 0.15) is 22.9 Å². The van der Waals surface area contributed by atoms with Crippen LogP contribution in [0.4, 0.5) is 0 Å². The molecule has 1 aromatic carbocycles. The normalized spacial score (nSPS) is 12.2. The van der Waals surface area contributed by atoms with Crippen LogP contribution in [0, 0.1) is 6.92 Å². The van der Waals surface area contributed by atoms with Crippen molar-refractivity contribution in [3.05, 3.63) is 65.7 Å². The molecule has 0 aliphatic heterocycles. The predicted octanol–water partition coefficient (Wildman–Crippen LogP) is 2.86. The van der Waals surface area contributed by atoms with Crippen molar-refractivity contribution in [1.82, 2.24) is 15.0 Å². The Morgan fingerprint density at radius 2 is 1.90 bits per heavy atom. The lowest BCUT2D eigenvalue weighted by Crippen LogP contribution is -2.06. The molecule has 1 unspecified atom stereocenters. The SMILES string of the molecule is Cc1cccc(CC(C=O)c2ccc3nccnc3c2)n1. The summed E-state index contributed by atoms with van der Waals surface area (Å²) in [7, 11) is 0. The molecule has 0 aliphatic rings. The first-order valence-corrected chi connectivity index (χ1v) is 6.85. The van der Waals surface area contributed by atoms with Crippen LogP contribution >= 0.6 is 0 Å². The van der Waals surface area contributed by atoms with Gasteiger partial charge in [-0.2, -0.15) is 0 Å². The lowest BCUT2D eigenvalue weighted by molar-refractivity contribution is -0.109. The summed E-state index contributed by atoms with van der Waals surface area (Å²) in [5.41, 5.74) is 4.47. The number of aromatic nitrogens is 3. The molecule has 0 amide bonds. The Kier molecular flexibility index (Phi) is 3.69. The number of hydrogen-bond donors (Lipinski definition) is 0. The zero-order valence-corrected chi connectivity index (χ0v) is 11.7. The monoisotopic (exact) mass is 277 g/mol. The fourth-order valence-electron chi connectivity index (χ4n) is 2.39. The first-order valence-electron chi connectivity index (χ1n) is 6.85. The van der Waals surface area contributed by atoms with Crippen LogP contribution in [0.25, 0.3) is 11.0 Å². The lowest BCUT2D eigenvalue weighted by Gasteiger charge is -2.11. The van der Waals surface area contributed by atoms with Crippen LogP contribution in [0.5, 0.6) is 0 Å². The predicted molar refractivity (Wildman–Crippen MR) is 81.0 cm³/mol. The van der Waals surface area contributed by atoms with Gasteiger partial charge in [-0.1, -0.05) is 12.1 Å². The second kappa shape index (κ2) is 5.79. The van der Waals surface area contributed by atoms with Gasteiger partial charge in [-0.25, -0.2) is 0 Å². The molecule has 3 aromatic rings. The molecule has 0 saturated heterocycles. The summed E-state index contributed by atoms with van der Waals surface area (Å²) < 4.78 is 0. The molecule has 0 bridgehead atoms. The zero-order valence-electron chi connectivity index (χ0n) is 11.7. The maximum absolute atomic E-state index is 11.5. The Hall–Kier alpha value is -2.62. The molecule has 2 aromatic heterocycles. The van der Waals surface area contributed by atoms with Crippen molar-refractivity contribution in [3.8, 4) is 0 Å². The van der Waals surface area contributed by atoms with Gasteiger partial charge in [0.25, 0.3) is 0 Å². The largest absolute Gasteiger partial charge is 0.303 e. The summed E-state index contributed by atoms with van der Waals surface area (Å²) in [5.74, 6) is -0.217. The molecule has 4 heteroatoms. The molecule has 104 valence electrons. The maximum atomic E-state index is 11.5. The van der Waals surface area contributed by atoms with Crippen molar-refractivity contribution in [2.24, 2.45) is 0 Å². The Morgan fingerprint density at radius 3 is 2.67 bits per heavy atom. The number of aldehydes is 1. The van der Waals surface area contributed by atoms with Crippen LogP contribution in [0.3, 0.4) is 0 Å². The molecule has 4 nitrogen and oxygen atoms in total. The highest BCUT2D eigenvalue weighted by Crippen LogP contribution is 2.21. The first-order chi connectivity index (χ1) is 10.3. The highest BCUT2D eigenvalue weighted by atomic mass is 16.1. The highest BCUT2D eigenvalue weighted by molar-refractivity contribution is 5.76. The van der Waals surface area contributed by atoms with Crippen LogP contribution in [-0.4, -0.2) is 21.2 Å². The first kappa shape index (κ1) is 13.4. The summed E-state index contributed by atoms with van der Waals surface area (Å²) in [6, 6.07) is 11.6. The Labute approximate surface area is 122 Å². The number of nitrogens with zero attached hydrogens (tertiary/aromatic N) is 3. The fourth-order valence-corrected chi connectivity index (χ4v) is 2.39. The fraction of sp³-hybridized carbons (Fsp3) is 0.176. The van der Waals surface area contributed by atoms with Crippen LogP contribution in [0.15, 0.2) is 48.8 Å². The third-order valence-electron chi connectivity index (χ3n) is 3.46. The number of pyridine rings is 1. The molecular formula is C17H15N3O. The van der Waals surface area contributed by atoms with Gasteiger partial charge in [-0.05, 0) is 36.8 Å². The molecule has 0 spiro atoms. The number of rotatable bonds is 4. The number of hydrogen-bond acceptors (Lipinski definition) is 4. The van der Waals surface area contributed by atoms with Gasteiger partial charge >= 0.3 is 0 Å². The smallest absolute Gasteiger partial charge is 0.127 e. The van der Waals surface area contributed by atoms with Crippen LogP contribution in [-0.2, 0) is 11.2 Å². The lowest BCUT2D eigenvalue weighted by atomic mass is 9.95. The molecular weight excluding hydrogens is 262 g/mol. The van der Waals surface area contributed by atoms with Gasteiger partial charge in [0.05, 0.1) is 11.0 Å². The molecule has 1 atom stereocenters. The Balaban J connectivity index is 1.92. The quantitative estimate of drug-likeness (QED) is 0.688. The van der Waals surface area contributed by atoms with Crippen LogP contribution < -0.4 is 0 Å². The van der Waals surface area contributed by atoms with Gasteiger partial charge in [0.15, 0.2) is 0 Å². The number of benzene rings is 1. The summed E-state index contributed by atoms with van der Waals surface area (Å²) in [5, 5.41) is 0. The minimum absolute atomic E-state index is 0.217. The summed E-state index contributed by atoms with van der Waals surface area (Å²) in [6.07, 6.45) is 4.89. The molecule has 0 N–H and O–H groups in total.